The van der Waals surface area contributed by atoms with Gasteiger partial charge in [0, 0.05) is 18.7 Å². The number of ether oxygens (including phenoxy) is 1. The van der Waals surface area contributed by atoms with Crippen molar-refractivity contribution in [3.8, 4) is 0 Å². The van der Waals surface area contributed by atoms with Gasteiger partial charge in [0.1, 0.15) is 0 Å². The summed E-state index contributed by atoms with van der Waals surface area (Å²) in [6.07, 6.45) is 4.79. The van der Waals surface area contributed by atoms with Gasteiger partial charge in [-0.2, -0.15) is 0 Å². The Labute approximate surface area is 122 Å². The van der Waals surface area contributed by atoms with Crippen molar-refractivity contribution in [3.05, 3.63) is 51.8 Å². The van der Waals surface area contributed by atoms with E-state index in [2.05, 4.69) is 0 Å². The van der Waals surface area contributed by atoms with Crippen molar-refractivity contribution in [2.75, 3.05) is 6.61 Å². The second-order valence-corrected chi connectivity index (χ2v) is 5.76. The molecular weight excluding hydrogens is 273 g/mol. The zero-order valence-electron chi connectivity index (χ0n) is 11.7. The van der Waals surface area contributed by atoms with Gasteiger partial charge in [0.25, 0.3) is 5.69 Å². The van der Waals surface area contributed by atoms with E-state index in [1.807, 2.05) is 0 Å². The number of fused-ring (bicyclic) bond motifs is 1. The van der Waals surface area contributed by atoms with E-state index in [1.165, 1.54) is 12.1 Å². The molecular formula is C16H18FNO3. The lowest BCUT2D eigenvalue weighted by Crippen LogP contribution is -2.29. The Morgan fingerprint density at radius 2 is 2.00 bits per heavy atom. The van der Waals surface area contributed by atoms with Crippen molar-refractivity contribution >= 4 is 5.69 Å². The number of nitro groups is 1. The molecule has 0 spiro atoms. The lowest BCUT2D eigenvalue weighted by molar-refractivity contribution is -0.384. The smallest absolute Gasteiger partial charge is 0.269 e. The topological polar surface area (TPSA) is 52.4 Å². The van der Waals surface area contributed by atoms with Crippen LogP contribution >= 0.6 is 0 Å². The van der Waals surface area contributed by atoms with Crippen molar-refractivity contribution in [3.63, 3.8) is 0 Å². The molecule has 0 bridgehead atoms. The van der Waals surface area contributed by atoms with Gasteiger partial charge in [-0.05, 0) is 61.3 Å². The molecule has 2 aliphatic rings. The molecule has 0 saturated carbocycles. The Bertz CT molecular complexity index is 555. The molecule has 0 radical (unpaired) electrons. The van der Waals surface area contributed by atoms with Gasteiger partial charge in [0.2, 0.25) is 0 Å². The van der Waals surface area contributed by atoms with Crippen molar-refractivity contribution in [2.45, 2.75) is 31.8 Å². The molecule has 3 rings (SSSR count). The number of rotatable bonds is 2. The average Bonchev–Trinajstić information content (AvgIpc) is 2.67. The Morgan fingerprint density at radius 1 is 1.24 bits per heavy atom. The first kappa shape index (κ1) is 14.2. The number of non-ortho nitro benzene ring substituents is 1. The molecule has 1 aromatic carbocycles. The van der Waals surface area contributed by atoms with E-state index in [4.69, 9.17) is 4.74 Å². The first-order valence-electron chi connectivity index (χ1n) is 7.37. The van der Waals surface area contributed by atoms with E-state index in [9.17, 15) is 14.5 Å². The highest BCUT2D eigenvalue weighted by atomic mass is 19.1. The van der Waals surface area contributed by atoms with Crippen LogP contribution in [-0.2, 0) is 4.74 Å². The Balaban J connectivity index is 1.85. The summed E-state index contributed by atoms with van der Waals surface area (Å²) in [6.45, 7) is 0.604. The molecule has 112 valence electrons. The number of nitro benzene ring substituents is 1. The van der Waals surface area contributed by atoms with E-state index in [-0.39, 0.29) is 29.5 Å². The first-order valence-corrected chi connectivity index (χ1v) is 7.37. The number of hydrogen-bond donors (Lipinski definition) is 0. The van der Waals surface area contributed by atoms with Crippen LogP contribution in [0, 0.1) is 22.0 Å². The number of nitrogens with zero attached hydrogens (tertiary/aromatic N) is 1. The van der Waals surface area contributed by atoms with Gasteiger partial charge in [-0.3, -0.25) is 10.1 Å². The van der Waals surface area contributed by atoms with E-state index in [1.54, 1.807) is 18.2 Å². The summed E-state index contributed by atoms with van der Waals surface area (Å²) in [7, 11) is 0. The fourth-order valence-electron chi connectivity index (χ4n) is 3.42. The van der Waals surface area contributed by atoms with Gasteiger partial charge in [-0.1, -0.05) is 0 Å². The highest BCUT2D eigenvalue weighted by Gasteiger charge is 2.35. The Hall–Kier alpha value is -1.75. The minimum absolute atomic E-state index is 0.00755. The number of hydrogen-bond acceptors (Lipinski definition) is 3. The second-order valence-electron chi connectivity index (χ2n) is 5.76. The standard InChI is InChI=1S/C16H18FNO3/c17-13-2-1-3-15-12(10-13)8-9-21-16(15)11-4-6-14(7-5-11)18(19)20/h4-7,10,12,15-16H,1-3,8-9H2/t12-,15+,16+/m1/s1. The molecule has 1 aromatic rings. The van der Waals surface area contributed by atoms with Gasteiger partial charge in [-0.25, -0.2) is 4.39 Å². The minimum Gasteiger partial charge on any atom is -0.373 e. The Morgan fingerprint density at radius 3 is 2.71 bits per heavy atom. The highest BCUT2D eigenvalue weighted by Crippen LogP contribution is 2.43. The van der Waals surface area contributed by atoms with Crippen LogP contribution in [0.15, 0.2) is 36.2 Å². The zero-order chi connectivity index (χ0) is 14.8. The highest BCUT2D eigenvalue weighted by molar-refractivity contribution is 5.34. The third-order valence-electron chi connectivity index (χ3n) is 4.47. The Kier molecular flexibility index (Phi) is 4.01. The summed E-state index contributed by atoms with van der Waals surface area (Å²) in [5, 5.41) is 10.7. The third-order valence-corrected chi connectivity index (χ3v) is 4.47. The van der Waals surface area contributed by atoms with E-state index < -0.39 is 4.92 Å². The molecule has 3 atom stereocenters. The van der Waals surface area contributed by atoms with Crippen molar-refractivity contribution in [1.29, 1.82) is 0 Å². The zero-order valence-corrected chi connectivity index (χ0v) is 11.7. The maximum Gasteiger partial charge on any atom is 0.269 e. The van der Waals surface area contributed by atoms with Gasteiger partial charge in [-0.15, -0.1) is 0 Å². The number of halogens is 1. The van der Waals surface area contributed by atoms with Gasteiger partial charge < -0.3 is 4.74 Å². The SMILES string of the molecule is O=[N+]([O-])c1ccc([C@@H]2OCC[C@@H]3C=C(F)CCC[C@@H]32)cc1. The molecule has 1 saturated heterocycles. The number of benzene rings is 1. The number of allylic oxidation sites excluding steroid dienone is 2. The maximum absolute atomic E-state index is 13.6. The molecule has 1 aliphatic carbocycles. The summed E-state index contributed by atoms with van der Waals surface area (Å²) in [5.74, 6) is 0.460. The lowest BCUT2D eigenvalue weighted by atomic mass is 9.79. The molecule has 0 amide bonds. The predicted octanol–water partition coefficient (Wildman–Crippen LogP) is 4.33. The quantitative estimate of drug-likeness (QED) is 0.602. The predicted molar refractivity (Wildman–Crippen MR) is 76.4 cm³/mol. The van der Waals surface area contributed by atoms with Crippen LogP contribution in [-0.4, -0.2) is 11.5 Å². The van der Waals surface area contributed by atoms with Gasteiger partial charge >= 0.3 is 0 Å². The van der Waals surface area contributed by atoms with Crippen LogP contribution in [0.4, 0.5) is 10.1 Å². The molecule has 5 heteroatoms. The largest absolute Gasteiger partial charge is 0.373 e. The minimum atomic E-state index is -0.405. The third kappa shape index (κ3) is 2.97. The normalized spacial score (nSPS) is 29.2. The monoisotopic (exact) mass is 291 g/mol. The van der Waals surface area contributed by atoms with Crippen LogP contribution in [0.5, 0.6) is 0 Å². The second kappa shape index (κ2) is 5.93. The first-order chi connectivity index (χ1) is 10.1. The van der Waals surface area contributed by atoms with Crippen LogP contribution in [0.25, 0.3) is 0 Å². The molecule has 1 heterocycles. The van der Waals surface area contributed by atoms with Gasteiger partial charge in [0.15, 0.2) is 0 Å². The average molecular weight is 291 g/mol. The van der Waals surface area contributed by atoms with Crippen molar-refractivity contribution < 1.29 is 14.1 Å². The van der Waals surface area contributed by atoms with Crippen LogP contribution in [0.3, 0.4) is 0 Å². The summed E-state index contributed by atoms with van der Waals surface area (Å²) < 4.78 is 19.5. The summed E-state index contributed by atoms with van der Waals surface area (Å²) in [5.41, 5.74) is 1.03. The summed E-state index contributed by atoms with van der Waals surface area (Å²) in [4.78, 5) is 10.3. The molecule has 1 fully saturated rings. The van der Waals surface area contributed by atoms with Gasteiger partial charge in [0.05, 0.1) is 16.9 Å². The van der Waals surface area contributed by atoms with E-state index >= 15 is 0 Å². The molecule has 0 N–H and O–H groups in total. The molecule has 0 unspecified atom stereocenters. The molecule has 0 aromatic heterocycles. The fourth-order valence-corrected chi connectivity index (χ4v) is 3.42. The maximum atomic E-state index is 13.6. The van der Waals surface area contributed by atoms with Crippen molar-refractivity contribution in [1.82, 2.24) is 0 Å². The molecule has 1 aliphatic heterocycles. The summed E-state index contributed by atoms with van der Waals surface area (Å²) >= 11 is 0. The van der Waals surface area contributed by atoms with E-state index in [0.717, 1.165) is 24.8 Å². The molecule has 4 nitrogen and oxygen atoms in total. The van der Waals surface area contributed by atoms with Crippen LogP contribution in [0.1, 0.15) is 37.4 Å². The van der Waals surface area contributed by atoms with Crippen LogP contribution < -0.4 is 0 Å². The van der Waals surface area contributed by atoms with Crippen LogP contribution in [0.2, 0.25) is 0 Å². The lowest BCUT2D eigenvalue weighted by Gasteiger charge is -2.36. The molecule has 21 heavy (non-hydrogen) atoms. The van der Waals surface area contributed by atoms with E-state index in [0.29, 0.717) is 13.0 Å². The van der Waals surface area contributed by atoms with Crippen molar-refractivity contribution in [2.24, 2.45) is 11.8 Å². The fraction of sp³-hybridized carbons (Fsp3) is 0.500. The summed E-state index contributed by atoms with van der Waals surface area (Å²) in [6, 6.07) is 6.54.